The van der Waals surface area contributed by atoms with Crippen LogP contribution in [0.4, 0.5) is 11.6 Å². The fourth-order valence-corrected chi connectivity index (χ4v) is 1.34. The fraction of sp³-hybridized carbons (Fsp3) is 0.500. The topological polar surface area (TPSA) is 127 Å². The van der Waals surface area contributed by atoms with Gasteiger partial charge in [-0.2, -0.15) is 0 Å². The number of imidazole rings is 1. The summed E-state index contributed by atoms with van der Waals surface area (Å²) in [5.41, 5.74) is 5.53. The zero-order valence-corrected chi connectivity index (χ0v) is 8.56. The third-order valence-electron chi connectivity index (χ3n) is 1.53. The second-order valence-electron chi connectivity index (χ2n) is 2.88. The summed E-state index contributed by atoms with van der Waals surface area (Å²) < 4.78 is 21.2. The molecular formula is C6H13N5O2S. The molecule has 0 aliphatic rings. The molecule has 1 aromatic heterocycles. The minimum Gasteiger partial charge on any atom is -0.382 e. The number of nitrogens with one attached hydrogen (secondary N) is 2. The van der Waals surface area contributed by atoms with Crippen molar-refractivity contribution in [1.29, 1.82) is 0 Å². The molecule has 1 aromatic rings. The molecule has 0 aliphatic carbocycles. The van der Waals surface area contributed by atoms with E-state index in [0.29, 0.717) is 17.5 Å². The van der Waals surface area contributed by atoms with Gasteiger partial charge in [0.05, 0.1) is 5.75 Å². The van der Waals surface area contributed by atoms with Crippen LogP contribution >= 0.6 is 0 Å². The molecule has 6 N–H and O–H groups in total. The van der Waals surface area contributed by atoms with Crippen LogP contribution in [0.5, 0.6) is 0 Å². The Labute approximate surface area is 81.9 Å². The predicted octanol–water partition coefficient (Wildman–Crippen LogP) is -0.999. The van der Waals surface area contributed by atoms with Crippen molar-refractivity contribution in [2.24, 2.45) is 5.14 Å². The summed E-state index contributed by atoms with van der Waals surface area (Å²) in [7, 11) is -3.44. The number of hydrogen-bond acceptors (Lipinski definition) is 5. The van der Waals surface area contributed by atoms with Gasteiger partial charge in [-0.3, -0.25) is 0 Å². The molecule has 7 nitrogen and oxygen atoms in total. The minimum absolute atomic E-state index is 0.154. The van der Waals surface area contributed by atoms with Crippen LogP contribution in [-0.2, 0) is 10.0 Å². The van der Waals surface area contributed by atoms with E-state index < -0.39 is 10.0 Å². The Kier molecular flexibility index (Phi) is 2.96. The highest BCUT2D eigenvalue weighted by atomic mass is 32.2. The molecule has 14 heavy (non-hydrogen) atoms. The molecule has 0 atom stereocenters. The number of H-pyrrole nitrogens is 1. The third kappa shape index (κ3) is 3.23. The molecular weight excluding hydrogens is 206 g/mol. The lowest BCUT2D eigenvalue weighted by Gasteiger charge is -2.01. The van der Waals surface area contributed by atoms with Gasteiger partial charge in [-0.1, -0.05) is 0 Å². The first-order valence-corrected chi connectivity index (χ1v) is 5.66. The van der Waals surface area contributed by atoms with Gasteiger partial charge in [0.2, 0.25) is 10.0 Å². The standard InChI is InChI=1S/C6H13N5O2S/c1-4-10-5(7)6(11-4)9-2-3-14(8,12)13/h9H,2-3,7H2,1H3,(H,10,11)(H2,8,12,13). The second-order valence-corrected chi connectivity index (χ2v) is 4.61. The highest BCUT2D eigenvalue weighted by Gasteiger charge is 2.06. The summed E-state index contributed by atoms with van der Waals surface area (Å²) in [6, 6.07) is 0. The van der Waals surface area contributed by atoms with Crippen molar-refractivity contribution < 1.29 is 8.42 Å². The normalized spacial score (nSPS) is 11.6. The zero-order chi connectivity index (χ0) is 10.8. The van der Waals surface area contributed by atoms with Gasteiger partial charge in [0.15, 0.2) is 5.82 Å². The Balaban J connectivity index is 2.50. The van der Waals surface area contributed by atoms with E-state index in [1.165, 1.54) is 0 Å². The van der Waals surface area contributed by atoms with Gasteiger partial charge in [0.25, 0.3) is 0 Å². The van der Waals surface area contributed by atoms with Gasteiger partial charge in [-0.05, 0) is 6.92 Å². The molecule has 0 fully saturated rings. The van der Waals surface area contributed by atoms with E-state index in [-0.39, 0.29) is 12.3 Å². The smallest absolute Gasteiger partial charge is 0.210 e. The molecule has 1 heterocycles. The Morgan fingerprint density at radius 2 is 2.21 bits per heavy atom. The Morgan fingerprint density at radius 3 is 2.64 bits per heavy atom. The molecule has 0 saturated carbocycles. The van der Waals surface area contributed by atoms with Crippen molar-refractivity contribution in [3.05, 3.63) is 5.82 Å². The van der Waals surface area contributed by atoms with Gasteiger partial charge in [-0.25, -0.2) is 18.5 Å². The fourth-order valence-electron chi connectivity index (χ4n) is 0.956. The number of aryl methyl sites for hydroxylation is 1. The Hall–Kier alpha value is -1.28. The van der Waals surface area contributed by atoms with E-state index in [2.05, 4.69) is 15.3 Å². The summed E-state index contributed by atoms with van der Waals surface area (Å²) in [4.78, 5) is 6.78. The Bertz CT molecular complexity index is 410. The molecule has 0 bridgehead atoms. The first kappa shape index (κ1) is 10.8. The molecule has 0 amide bonds. The van der Waals surface area contributed by atoms with Gasteiger partial charge in [0, 0.05) is 6.54 Å². The highest BCUT2D eigenvalue weighted by Crippen LogP contribution is 2.12. The van der Waals surface area contributed by atoms with E-state index in [1.807, 2.05) is 0 Å². The van der Waals surface area contributed by atoms with Gasteiger partial charge >= 0.3 is 0 Å². The van der Waals surface area contributed by atoms with Gasteiger partial charge < -0.3 is 16.0 Å². The number of nitrogen functional groups attached to an aromatic ring is 1. The predicted molar refractivity (Wildman–Crippen MR) is 54.2 cm³/mol. The highest BCUT2D eigenvalue weighted by molar-refractivity contribution is 7.89. The number of nitrogens with zero attached hydrogens (tertiary/aromatic N) is 1. The maximum atomic E-state index is 10.6. The monoisotopic (exact) mass is 219 g/mol. The maximum absolute atomic E-state index is 10.6. The van der Waals surface area contributed by atoms with Crippen molar-refractivity contribution in [2.45, 2.75) is 6.92 Å². The van der Waals surface area contributed by atoms with Crippen molar-refractivity contribution in [3.8, 4) is 0 Å². The van der Waals surface area contributed by atoms with Crippen LogP contribution in [0.25, 0.3) is 0 Å². The summed E-state index contributed by atoms with van der Waals surface area (Å²) >= 11 is 0. The molecule has 0 radical (unpaired) electrons. The lowest BCUT2D eigenvalue weighted by molar-refractivity contribution is 0.598. The minimum atomic E-state index is -3.44. The summed E-state index contributed by atoms with van der Waals surface area (Å²) in [6.07, 6.45) is 0. The quantitative estimate of drug-likeness (QED) is 0.516. The number of anilines is 2. The van der Waals surface area contributed by atoms with Crippen LogP contribution < -0.4 is 16.2 Å². The molecule has 0 unspecified atom stereocenters. The SMILES string of the molecule is Cc1nc(NCCS(N)(=O)=O)c(N)[nH]1. The molecule has 1 rings (SSSR count). The summed E-state index contributed by atoms with van der Waals surface area (Å²) in [5, 5.41) is 7.58. The van der Waals surface area contributed by atoms with Crippen molar-refractivity contribution in [2.75, 3.05) is 23.3 Å². The van der Waals surface area contributed by atoms with Crippen LogP contribution in [0.1, 0.15) is 5.82 Å². The first-order valence-electron chi connectivity index (χ1n) is 3.95. The van der Waals surface area contributed by atoms with Crippen LogP contribution in [0.3, 0.4) is 0 Å². The largest absolute Gasteiger partial charge is 0.382 e. The molecule has 0 aliphatic heterocycles. The lowest BCUT2D eigenvalue weighted by atomic mass is 10.6. The molecule has 0 aromatic carbocycles. The van der Waals surface area contributed by atoms with Crippen LogP contribution in [0.15, 0.2) is 0 Å². The van der Waals surface area contributed by atoms with Crippen LogP contribution in [0.2, 0.25) is 0 Å². The molecule has 80 valence electrons. The van der Waals surface area contributed by atoms with Gasteiger partial charge in [-0.15, -0.1) is 0 Å². The molecule has 0 saturated heterocycles. The second kappa shape index (κ2) is 3.84. The number of aromatic amines is 1. The van der Waals surface area contributed by atoms with E-state index in [1.54, 1.807) is 6.92 Å². The van der Waals surface area contributed by atoms with E-state index in [9.17, 15) is 8.42 Å². The summed E-state index contributed by atoms with van der Waals surface area (Å²) in [5.74, 6) is 1.35. The number of primary sulfonamides is 1. The third-order valence-corrected chi connectivity index (χ3v) is 2.30. The molecule has 8 heteroatoms. The van der Waals surface area contributed by atoms with Crippen molar-refractivity contribution in [3.63, 3.8) is 0 Å². The molecule has 0 spiro atoms. The van der Waals surface area contributed by atoms with E-state index in [4.69, 9.17) is 10.9 Å². The van der Waals surface area contributed by atoms with E-state index in [0.717, 1.165) is 0 Å². The van der Waals surface area contributed by atoms with E-state index >= 15 is 0 Å². The van der Waals surface area contributed by atoms with Crippen LogP contribution in [0, 0.1) is 6.92 Å². The maximum Gasteiger partial charge on any atom is 0.210 e. The number of aromatic nitrogens is 2. The van der Waals surface area contributed by atoms with Gasteiger partial charge in [0.1, 0.15) is 11.6 Å². The summed E-state index contributed by atoms with van der Waals surface area (Å²) in [6.45, 7) is 1.94. The van der Waals surface area contributed by atoms with Crippen molar-refractivity contribution in [1.82, 2.24) is 9.97 Å². The number of rotatable bonds is 4. The van der Waals surface area contributed by atoms with Crippen LogP contribution in [-0.4, -0.2) is 30.7 Å². The Morgan fingerprint density at radius 1 is 1.57 bits per heavy atom. The zero-order valence-electron chi connectivity index (χ0n) is 7.74. The number of hydrogen-bond donors (Lipinski definition) is 4. The number of nitrogens with two attached hydrogens (primary N) is 2. The lowest BCUT2D eigenvalue weighted by Crippen LogP contribution is -2.22. The average Bonchev–Trinajstić information content (AvgIpc) is 2.27. The first-order chi connectivity index (χ1) is 6.38. The van der Waals surface area contributed by atoms with Crippen molar-refractivity contribution >= 4 is 21.7 Å². The number of sulfonamides is 1. The average molecular weight is 219 g/mol.